The van der Waals surface area contributed by atoms with Crippen molar-refractivity contribution < 1.29 is 13.2 Å². The highest BCUT2D eigenvalue weighted by atomic mass is 79.9. The van der Waals surface area contributed by atoms with Crippen molar-refractivity contribution in [2.24, 2.45) is 5.84 Å². The summed E-state index contributed by atoms with van der Waals surface area (Å²) in [6.07, 6.45) is -4.44. The molecule has 0 unspecified atom stereocenters. The summed E-state index contributed by atoms with van der Waals surface area (Å²) in [5.41, 5.74) is 1.35. The van der Waals surface area contributed by atoms with Crippen LogP contribution in [-0.4, -0.2) is 4.98 Å². The molecule has 106 valence electrons. The van der Waals surface area contributed by atoms with Gasteiger partial charge in [0.2, 0.25) is 0 Å². The molecule has 0 radical (unpaired) electrons. The van der Waals surface area contributed by atoms with E-state index in [2.05, 4.69) is 26.3 Å². The van der Waals surface area contributed by atoms with Gasteiger partial charge in [0.25, 0.3) is 0 Å². The number of halogens is 4. The Kier molecular flexibility index (Phi) is 4.56. The second-order valence-corrected chi connectivity index (χ2v) is 5.79. The predicted molar refractivity (Wildman–Crippen MR) is 75.3 cm³/mol. The first-order valence-electron chi connectivity index (χ1n) is 5.38. The minimum atomic E-state index is -4.44. The number of benzene rings is 1. The molecule has 0 aliphatic rings. The number of aromatic nitrogens is 1. The van der Waals surface area contributed by atoms with Gasteiger partial charge in [0, 0.05) is 9.37 Å². The van der Waals surface area contributed by atoms with Gasteiger partial charge in [-0.2, -0.15) is 13.2 Å². The van der Waals surface area contributed by atoms with E-state index in [1.165, 1.54) is 0 Å². The first-order chi connectivity index (χ1) is 9.38. The summed E-state index contributed by atoms with van der Waals surface area (Å²) in [6.45, 7) is 0. The molecule has 1 aromatic heterocycles. The topological polar surface area (TPSA) is 50.9 Å². The SMILES string of the molecule is NNc1cc(C(F)(F)F)cc(Sc2ccc(Br)cc2)n1. The van der Waals surface area contributed by atoms with Crippen LogP contribution in [0, 0.1) is 0 Å². The second-order valence-electron chi connectivity index (χ2n) is 3.78. The van der Waals surface area contributed by atoms with E-state index in [0.717, 1.165) is 33.3 Å². The summed E-state index contributed by atoms with van der Waals surface area (Å²) in [6, 6.07) is 9.04. The van der Waals surface area contributed by atoms with Crippen LogP contribution in [0.25, 0.3) is 0 Å². The van der Waals surface area contributed by atoms with E-state index in [1.807, 2.05) is 0 Å². The third kappa shape index (κ3) is 3.87. The Balaban J connectivity index is 2.33. The Morgan fingerprint density at radius 3 is 2.35 bits per heavy atom. The van der Waals surface area contributed by atoms with Gasteiger partial charge in [0.05, 0.1) is 5.56 Å². The van der Waals surface area contributed by atoms with Crippen LogP contribution < -0.4 is 11.3 Å². The molecule has 3 N–H and O–H groups in total. The maximum atomic E-state index is 12.8. The molecular formula is C12H9BrF3N3S. The van der Waals surface area contributed by atoms with Gasteiger partial charge >= 0.3 is 6.18 Å². The molecule has 1 heterocycles. The molecule has 0 atom stereocenters. The Bertz CT molecular complexity index is 602. The van der Waals surface area contributed by atoms with Crippen molar-refractivity contribution in [1.82, 2.24) is 4.98 Å². The first kappa shape index (κ1) is 15.1. The number of hydrogen-bond acceptors (Lipinski definition) is 4. The molecule has 8 heteroatoms. The lowest BCUT2D eigenvalue weighted by molar-refractivity contribution is -0.137. The van der Waals surface area contributed by atoms with Crippen molar-refractivity contribution >= 4 is 33.5 Å². The lowest BCUT2D eigenvalue weighted by Crippen LogP contribution is -2.12. The molecule has 2 rings (SSSR count). The Morgan fingerprint density at radius 1 is 1.15 bits per heavy atom. The summed E-state index contributed by atoms with van der Waals surface area (Å²) in [5, 5.41) is 0.218. The van der Waals surface area contributed by atoms with Crippen molar-refractivity contribution in [3.8, 4) is 0 Å². The molecule has 2 aromatic rings. The van der Waals surface area contributed by atoms with Crippen molar-refractivity contribution in [2.75, 3.05) is 5.43 Å². The highest BCUT2D eigenvalue weighted by Crippen LogP contribution is 2.35. The number of nitrogens with zero attached hydrogens (tertiary/aromatic N) is 1. The molecule has 20 heavy (non-hydrogen) atoms. The lowest BCUT2D eigenvalue weighted by atomic mass is 10.2. The molecule has 0 aliphatic carbocycles. The normalized spacial score (nSPS) is 11.4. The van der Waals surface area contributed by atoms with E-state index < -0.39 is 11.7 Å². The van der Waals surface area contributed by atoms with Crippen LogP contribution in [0.4, 0.5) is 19.0 Å². The van der Waals surface area contributed by atoms with E-state index in [1.54, 1.807) is 24.3 Å². The van der Waals surface area contributed by atoms with Crippen molar-refractivity contribution in [1.29, 1.82) is 0 Å². The number of hydrazine groups is 1. The van der Waals surface area contributed by atoms with Gasteiger partial charge in [-0.05, 0) is 36.4 Å². The summed E-state index contributed by atoms with van der Waals surface area (Å²) in [7, 11) is 0. The summed E-state index contributed by atoms with van der Waals surface area (Å²) < 4.78 is 39.2. The maximum absolute atomic E-state index is 12.8. The van der Waals surface area contributed by atoms with E-state index in [4.69, 9.17) is 5.84 Å². The third-order valence-corrected chi connectivity index (χ3v) is 3.77. The molecule has 3 nitrogen and oxygen atoms in total. The van der Waals surface area contributed by atoms with Crippen LogP contribution >= 0.6 is 27.7 Å². The molecule has 1 aromatic carbocycles. The van der Waals surface area contributed by atoms with Gasteiger partial charge in [0.15, 0.2) is 0 Å². The highest BCUT2D eigenvalue weighted by Gasteiger charge is 2.31. The monoisotopic (exact) mass is 363 g/mol. The van der Waals surface area contributed by atoms with Crippen LogP contribution in [0.3, 0.4) is 0 Å². The number of pyridine rings is 1. The number of hydrogen-bond donors (Lipinski definition) is 2. The molecular weight excluding hydrogens is 355 g/mol. The van der Waals surface area contributed by atoms with Crippen LogP contribution in [-0.2, 0) is 6.18 Å². The zero-order valence-corrected chi connectivity index (χ0v) is 12.3. The van der Waals surface area contributed by atoms with E-state index in [0.29, 0.717) is 0 Å². The fourth-order valence-electron chi connectivity index (χ4n) is 1.42. The van der Waals surface area contributed by atoms with E-state index >= 15 is 0 Å². The predicted octanol–water partition coefficient (Wildman–Crippen LogP) is 4.30. The summed E-state index contributed by atoms with van der Waals surface area (Å²) >= 11 is 4.42. The Hall–Kier alpha value is -1.25. The van der Waals surface area contributed by atoms with Crippen LogP contribution in [0.2, 0.25) is 0 Å². The van der Waals surface area contributed by atoms with Gasteiger partial charge in [0.1, 0.15) is 10.8 Å². The lowest BCUT2D eigenvalue weighted by Gasteiger charge is -2.10. The highest BCUT2D eigenvalue weighted by molar-refractivity contribution is 9.10. The van der Waals surface area contributed by atoms with Crippen LogP contribution in [0.1, 0.15) is 5.56 Å². The van der Waals surface area contributed by atoms with E-state index in [9.17, 15) is 13.2 Å². The number of rotatable bonds is 3. The zero-order valence-electron chi connectivity index (χ0n) is 9.91. The van der Waals surface area contributed by atoms with Crippen molar-refractivity contribution in [3.63, 3.8) is 0 Å². The Morgan fingerprint density at radius 2 is 1.80 bits per heavy atom. The molecule has 0 spiro atoms. The van der Waals surface area contributed by atoms with Gasteiger partial charge in [-0.25, -0.2) is 10.8 Å². The third-order valence-electron chi connectivity index (χ3n) is 2.31. The summed E-state index contributed by atoms with van der Waals surface area (Å²) in [5.74, 6) is 5.12. The molecule has 0 saturated heterocycles. The molecule has 0 bridgehead atoms. The molecule has 0 aliphatic heterocycles. The number of nitrogens with one attached hydrogen (secondary N) is 1. The summed E-state index contributed by atoms with van der Waals surface area (Å²) in [4.78, 5) is 4.78. The molecule has 0 amide bonds. The number of nitrogen functional groups attached to an aromatic ring is 1. The first-order valence-corrected chi connectivity index (χ1v) is 6.99. The number of anilines is 1. The van der Waals surface area contributed by atoms with Gasteiger partial charge in [-0.3, -0.25) is 0 Å². The largest absolute Gasteiger partial charge is 0.416 e. The minimum Gasteiger partial charge on any atom is -0.308 e. The zero-order chi connectivity index (χ0) is 14.8. The van der Waals surface area contributed by atoms with E-state index in [-0.39, 0.29) is 10.8 Å². The van der Waals surface area contributed by atoms with Crippen molar-refractivity contribution in [3.05, 3.63) is 46.4 Å². The smallest absolute Gasteiger partial charge is 0.308 e. The van der Waals surface area contributed by atoms with Gasteiger partial charge < -0.3 is 5.43 Å². The fourth-order valence-corrected chi connectivity index (χ4v) is 2.53. The second kappa shape index (κ2) is 6.02. The number of nitrogens with two attached hydrogens (primary N) is 1. The average Bonchev–Trinajstić information content (AvgIpc) is 2.40. The van der Waals surface area contributed by atoms with Gasteiger partial charge in [-0.15, -0.1) is 0 Å². The number of alkyl halides is 3. The maximum Gasteiger partial charge on any atom is 0.416 e. The quantitative estimate of drug-likeness (QED) is 0.630. The standard InChI is InChI=1S/C12H9BrF3N3S/c13-8-1-3-9(4-2-8)20-11-6-7(12(14,15)16)5-10(18-11)19-17/h1-6H,17H2,(H,18,19). The van der Waals surface area contributed by atoms with Crippen LogP contribution in [0.5, 0.6) is 0 Å². The minimum absolute atomic E-state index is 0.0283. The van der Waals surface area contributed by atoms with Crippen LogP contribution in [0.15, 0.2) is 50.8 Å². The average molecular weight is 364 g/mol. The molecule has 0 fully saturated rings. The molecule has 0 saturated carbocycles. The Labute approximate surface area is 125 Å². The fraction of sp³-hybridized carbons (Fsp3) is 0.0833. The van der Waals surface area contributed by atoms with Gasteiger partial charge in [-0.1, -0.05) is 27.7 Å². The van der Waals surface area contributed by atoms with Crippen molar-refractivity contribution in [2.45, 2.75) is 16.1 Å².